The lowest BCUT2D eigenvalue weighted by Crippen LogP contribution is -2.25. The van der Waals surface area contributed by atoms with E-state index in [9.17, 15) is 8.42 Å². The van der Waals surface area contributed by atoms with Crippen LogP contribution in [0.25, 0.3) is 0 Å². The number of nitrogens with zero attached hydrogens (tertiary/aromatic N) is 2. The van der Waals surface area contributed by atoms with E-state index in [0.29, 0.717) is 6.54 Å². The Morgan fingerprint density at radius 2 is 2.12 bits per heavy atom. The standard InChI is InChI=1S/C10H15BrN2O2S/c1-13(5-6-16(2,14)15)10-4-3-9(7-11)8-12-10/h3-4,8H,5-7H2,1-2H3. The maximum Gasteiger partial charge on any atom is 0.149 e. The largest absolute Gasteiger partial charge is 0.359 e. The molecule has 1 aromatic heterocycles. The lowest BCUT2D eigenvalue weighted by Gasteiger charge is -2.17. The summed E-state index contributed by atoms with van der Waals surface area (Å²) < 4.78 is 22.0. The Balaban J connectivity index is 2.62. The molecule has 0 amide bonds. The third-order valence-corrected chi connectivity index (χ3v) is 3.72. The number of rotatable bonds is 5. The summed E-state index contributed by atoms with van der Waals surface area (Å²) in [5.74, 6) is 0.930. The first kappa shape index (κ1) is 13.4. The molecule has 1 rings (SSSR count). The Kier molecular flexibility index (Phi) is 4.73. The van der Waals surface area contributed by atoms with Gasteiger partial charge in [0.25, 0.3) is 0 Å². The summed E-state index contributed by atoms with van der Waals surface area (Å²) in [5.41, 5.74) is 1.10. The Morgan fingerprint density at radius 1 is 1.44 bits per heavy atom. The second-order valence-corrected chi connectivity index (χ2v) is 6.53. The van der Waals surface area contributed by atoms with Crippen molar-refractivity contribution in [2.45, 2.75) is 5.33 Å². The van der Waals surface area contributed by atoms with Crippen LogP contribution >= 0.6 is 15.9 Å². The zero-order valence-electron chi connectivity index (χ0n) is 9.35. The number of aromatic nitrogens is 1. The third-order valence-electron chi connectivity index (χ3n) is 2.15. The normalized spacial score (nSPS) is 11.4. The van der Waals surface area contributed by atoms with E-state index < -0.39 is 9.84 Å². The van der Waals surface area contributed by atoms with Gasteiger partial charge in [-0.1, -0.05) is 22.0 Å². The number of pyridine rings is 1. The van der Waals surface area contributed by atoms with Crippen molar-refractivity contribution in [2.75, 3.05) is 30.5 Å². The minimum absolute atomic E-state index is 0.144. The SMILES string of the molecule is CN(CCS(C)(=O)=O)c1ccc(CBr)cn1. The number of alkyl halides is 1. The molecule has 4 nitrogen and oxygen atoms in total. The monoisotopic (exact) mass is 306 g/mol. The summed E-state index contributed by atoms with van der Waals surface area (Å²) in [7, 11) is -1.08. The third kappa shape index (κ3) is 4.49. The first-order chi connectivity index (χ1) is 7.42. The molecule has 0 saturated carbocycles. The van der Waals surface area contributed by atoms with E-state index in [4.69, 9.17) is 0 Å². The second-order valence-electron chi connectivity index (χ2n) is 3.71. The van der Waals surface area contributed by atoms with Gasteiger partial charge in [0.05, 0.1) is 5.75 Å². The lowest BCUT2D eigenvalue weighted by atomic mass is 10.3. The molecule has 0 aliphatic rings. The van der Waals surface area contributed by atoms with Gasteiger partial charge in [-0.05, 0) is 11.6 Å². The molecule has 90 valence electrons. The van der Waals surface area contributed by atoms with Gasteiger partial charge in [-0.2, -0.15) is 0 Å². The van der Waals surface area contributed by atoms with Crippen LogP contribution in [0.3, 0.4) is 0 Å². The zero-order valence-corrected chi connectivity index (χ0v) is 11.8. The molecule has 0 saturated heterocycles. The van der Waals surface area contributed by atoms with Crippen molar-refractivity contribution in [3.63, 3.8) is 0 Å². The Bertz CT molecular complexity index is 431. The summed E-state index contributed by atoms with van der Waals surface area (Å²) in [6, 6.07) is 3.85. The summed E-state index contributed by atoms with van der Waals surface area (Å²) >= 11 is 3.34. The van der Waals surface area contributed by atoms with Crippen LogP contribution in [0.4, 0.5) is 5.82 Å². The highest BCUT2D eigenvalue weighted by molar-refractivity contribution is 9.08. The van der Waals surface area contributed by atoms with Crippen LogP contribution in [0, 0.1) is 0 Å². The lowest BCUT2D eigenvalue weighted by molar-refractivity contribution is 0.601. The van der Waals surface area contributed by atoms with Gasteiger partial charge in [-0.15, -0.1) is 0 Å². The van der Waals surface area contributed by atoms with Crippen LogP contribution in [0.2, 0.25) is 0 Å². The van der Waals surface area contributed by atoms with Gasteiger partial charge in [0.15, 0.2) is 0 Å². The topological polar surface area (TPSA) is 50.3 Å². The van der Waals surface area contributed by atoms with Crippen molar-refractivity contribution in [2.24, 2.45) is 0 Å². The van der Waals surface area contributed by atoms with Gasteiger partial charge in [0, 0.05) is 31.4 Å². The zero-order chi connectivity index (χ0) is 12.2. The summed E-state index contributed by atoms with van der Waals surface area (Å²) in [5, 5.41) is 0.771. The fraction of sp³-hybridized carbons (Fsp3) is 0.500. The highest BCUT2D eigenvalue weighted by Crippen LogP contribution is 2.11. The molecule has 0 bridgehead atoms. The fourth-order valence-electron chi connectivity index (χ4n) is 1.14. The molecule has 0 radical (unpaired) electrons. The molecular formula is C10H15BrN2O2S. The minimum atomic E-state index is -2.92. The maximum atomic E-state index is 11.0. The molecule has 0 unspecified atom stereocenters. The number of sulfone groups is 1. The predicted octanol–water partition coefficient (Wildman–Crippen LogP) is 1.46. The van der Waals surface area contributed by atoms with Gasteiger partial charge in [0.1, 0.15) is 15.7 Å². The molecule has 0 spiro atoms. The second kappa shape index (κ2) is 5.63. The van der Waals surface area contributed by atoms with E-state index in [1.165, 1.54) is 6.26 Å². The molecule has 1 heterocycles. The summed E-state index contributed by atoms with van der Waals surface area (Å²) in [4.78, 5) is 6.08. The Morgan fingerprint density at radius 3 is 2.56 bits per heavy atom. The molecule has 6 heteroatoms. The smallest absolute Gasteiger partial charge is 0.149 e. The molecular weight excluding hydrogens is 292 g/mol. The van der Waals surface area contributed by atoms with E-state index in [1.54, 1.807) is 6.20 Å². The van der Waals surface area contributed by atoms with Crippen LogP contribution in [-0.4, -0.2) is 39.0 Å². The molecule has 0 fully saturated rings. The van der Waals surface area contributed by atoms with Gasteiger partial charge in [-0.3, -0.25) is 0 Å². The van der Waals surface area contributed by atoms with Crippen LogP contribution < -0.4 is 4.90 Å². The van der Waals surface area contributed by atoms with Gasteiger partial charge < -0.3 is 4.90 Å². The summed E-state index contributed by atoms with van der Waals surface area (Å²) in [6.07, 6.45) is 3.02. The first-order valence-corrected chi connectivity index (χ1v) is 8.00. The van der Waals surface area contributed by atoms with E-state index >= 15 is 0 Å². The average molecular weight is 307 g/mol. The number of hydrogen-bond acceptors (Lipinski definition) is 4. The molecule has 0 N–H and O–H groups in total. The van der Waals surface area contributed by atoms with Crippen LogP contribution in [-0.2, 0) is 15.2 Å². The van der Waals surface area contributed by atoms with Crippen LogP contribution in [0.5, 0.6) is 0 Å². The van der Waals surface area contributed by atoms with E-state index in [1.807, 2.05) is 24.1 Å². The minimum Gasteiger partial charge on any atom is -0.359 e. The van der Waals surface area contributed by atoms with E-state index in [0.717, 1.165) is 16.7 Å². The first-order valence-electron chi connectivity index (χ1n) is 4.82. The molecule has 0 atom stereocenters. The number of hydrogen-bond donors (Lipinski definition) is 0. The number of halogens is 1. The van der Waals surface area contributed by atoms with Gasteiger partial charge in [0.2, 0.25) is 0 Å². The van der Waals surface area contributed by atoms with Crippen molar-refractivity contribution in [1.82, 2.24) is 4.98 Å². The molecule has 0 aliphatic carbocycles. The van der Waals surface area contributed by atoms with Crippen molar-refractivity contribution in [1.29, 1.82) is 0 Å². The molecule has 1 aromatic rings. The van der Waals surface area contributed by atoms with Crippen LogP contribution in [0.1, 0.15) is 5.56 Å². The van der Waals surface area contributed by atoms with Gasteiger partial charge >= 0.3 is 0 Å². The molecule has 0 aromatic carbocycles. The van der Waals surface area contributed by atoms with Crippen molar-refractivity contribution in [3.8, 4) is 0 Å². The Labute approximate surface area is 105 Å². The van der Waals surface area contributed by atoms with E-state index in [2.05, 4.69) is 20.9 Å². The fourth-order valence-corrected chi connectivity index (χ4v) is 2.08. The van der Waals surface area contributed by atoms with Crippen molar-refractivity contribution in [3.05, 3.63) is 23.9 Å². The highest BCUT2D eigenvalue weighted by atomic mass is 79.9. The predicted molar refractivity (Wildman–Crippen MR) is 69.8 cm³/mol. The molecule has 16 heavy (non-hydrogen) atoms. The van der Waals surface area contributed by atoms with E-state index in [-0.39, 0.29) is 5.75 Å². The highest BCUT2D eigenvalue weighted by Gasteiger charge is 2.07. The van der Waals surface area contributed by atoms with Crippen LogP contribution in [0.15, 0.2) is 18.3 Å². The number of anilines is 1. The van der Waals surface area contributed by atoms with Gasteiger partial charge in [-0.25, -0.2) is 13.4 Å². The quantitative estimate of drug-likeness (QED) is 0.773. The Hall–Kier alpha value is -0.620. The maximum absolute atomic E-state index is 11.0. The summed E-state index contributed by atoms with van der Waals surface area (Å²) in [6.45, 7) is 0.458. The van der Waals surface area contributed by atoms with Crippen molar-refractivity contribution < 1.29 is 8.42 Å². The van der Waals surface area contributed by atoms with Crippen molar-refractivity contribution >= 4 is 31.6 Å². The average Bonchev–Trinajstić information content (AvgIpc) is 2.25. The molecule has 0 aliphatic heterocycles.